The zero-order valence-electron chi connectivity index (χ0n) is 19.7. The summed E-state index contributed by atoms with van der Waals surface area (Å²) in [5.41, 5.74) is 2.11. The van der Waals surface area contributed by atoms with E-state index in [1.54, 1.807) is 24.3 Å². The Bertz CT molecular complexity index is 1040. The summed E-state index contributed by atoms with van der Waals surface area (Å²) in [7, 11) is 1.41. The number of aliphatic hydroxyl groups is 6. The number of hydrogen-bond acceptors (Lipinski definition) is 11. The molecule has 0 radical (unpaired) electrons. The number of benzene rings is 2. The number of fused-ring (bicyclic) bond motifs is 1. The van der Waals surface area contributed by atoms with Gasteiger partial charge in [-0.05, 0) is 42.2 Å². The van der Waals surface area contributed by atoms with Gasteiger partial charge >= 0.3 is 0 Å². The third-order valence-corrected chi connectivity index (χ3v) is 6.60. The van der Waals surface area contributed by atoms with Crippen LogP contribution in [0.3, 0.4) is 0 Å². The average Bonchev–Trinajstić information content (AvgIpc) is 3.27. The van der Waals surface area contributed by atoms with Gasteiger partial charge in [0.1, 0.15) is 30.5 Å². The number of rotatable bonds is 9. The second-order valence-corrected chi connectivity index (χ2v) is 8.91. The van der Waals surface area contributed by atoms with E-state index in [1.807, 2.05) is 6.07 Å². The molecule has 0 aliphatic carbocycles. The van der Waals surface area contributed by atoms with E-state index in [-0.39, 0.29) is 36.2 Å². The molecule has 2 heterocycles. The SMILES string of the molecule is COc1cc([C@H]2Oc3c(O)cc(CCCO)cc3[C@@H]2CO)ccc1O[C@@H]1O[C@H](CO)[C@@H](O)[C@H](O)[C@H]1O. The summed E-state index contributed by atoms with van der Waals surface area (Å²) >= 11 is 0. The molecular formula is C25H32O11. The molecule has 11 nitrogen and oxygen atoms in total. The van der Waals surface area contributed by atoms with Crippen LogP contribution in [0.1, 0.15) is 35.1 Å². The first-order valence-corrected chi connectivity index (χ1v) is 11.7. The fourth-order valence-electron chi connectivity index (χ4n) is 4.64. The van der Waals surface area contributed by atoms with Gasteiger partial charge in [0.15, 0.2) is 23.0 Å². The zero-order valence-corrected chi connectivity index (χ0v) is 19.7. The summed E-state index contributed by atoms with van der Waals surface area (Å²) in [4.78, 5) is 0. The number of ether oxygens (including phenoxy) is 4. The molecule has 2 aliphatic heterocycles. The number of phenolic OH excluding ortho intramolecular Hbond substituents is 1. The van der Waals surface area contributed by atoms with E-state index in [4.69, 9.17) is 24.1 Å². The molecular weight excluding hydrogens is 476 g/mol. The highest BCUT2D eigenvalue weighted by molar-refractivity contribution is 5.55. The van der Waals surface area contributed by atoms with Crippen LogP contribution in [0.4, 0.5) is 0 Å². The summed E-state index contributed by atoms with van der Waals surface area (Å²) in [5, 5.41) is 69.4. The Morgan fingerprint density at radius 3 is 2.36 bits per heavy atom. The third-order valence-electron chi connectivity index (χ3n) is 6.60. The van der Waals surface area contributed by atoms with Crippen LogP contribution in [0, 0.1) is 0 Å². The van der Waals surface area contributed by atoms with Gasteiger partial charge in [-0.15, -0.1) is 0 Å². The van der Waals surface area contributed by atoms with Gasteiger partial charge in [-0.2, -0.15) is 0 Å². The van der Waals surface area contributed by atoms with Gasteiger partial charge in [-0.1, -0.05) is 12.1 Å². The summed E-state index contributed by atoms with van der Waals surface area (Å²) in [6.07, 6.45) is -6.71. The molecule has 0 aromatic heterocycles. The fraction of sp³-hybridized carbons (Fsp3) is 0.520. The van der Waals surface area contributed by atoms with E-state index >= 15 is 0 Å². The molecule has 0 unspecified atom stereocenters. The van der Waals surface area contributed by atoms with Crippen LogP contribution in [0.15, 0.2) is 30.3 Å². The average molecular weight is 509 g/mol. The topological polar surface area (TPSA) is 179 Å². The Hall–Kier alpha value is -2.64. The van der Waals surface area contributed by atoms with Crippen molar-refractivity contribution in [2.24, 2.45) is 0 Å². The van der Waals surface area contributed by atoms with E-state index < -0.39 is 49.3 Å². The highest BCUT2D eigenvalue weighted by Crippen LogP contribution is 2.51. The predicted octanol–water partition coefficient (Wildman–Crippen LogP) is -0.286. The predicted molar refractivity (Wildman–Crippen MR) is 124 cm³/mol. The van der Waals surface area contributed by atoms with Gasteiger partial charge in [0.25, 0.3) is 0 Å². The summed E-state index contributed by atoms with van der Waals surface area (Å²) in [6.45, 7) is -0.804. The second kappa shape index (κ2) is 11.2. The molecule has 0 saturated carbocycles. The minimum atomic E-state index is -1.59. The lowest BCUT2D eigenvalue weighted by molar-refractivity contribution is -0.277. The van der Waals surface area contributed by atoms with Crippen molar-refractivity contribution >= 4 is 0 Å². The molecule has 198 valence electrons. The maximum absolute atomic E-state index is 10.5. The van der Waals surface area contributed by atoms with E-state index in [9.17, 15) is 30.6 Å². The Balaban J connectivity index is 1.58. The molecule has 36 heavy (non-hydrogen) atoms. The van der Waals surface area contributed by atoms with Gasteiger partial charge in [0.05, 0.1) is 26.2 Å². The molecule has 0 bridgehead atoms. The first-order valence-electron chi connectivity index (χ1n) is 11.7. The number of methoxy groups -OCH3 is 1. The van der Waals surface area contributed by atoms with Crippen molar-refractivity contribution in [3.05, 3.63) is 47.0 Å². The standard InChI is InChI=1S/C25H32O11/c1-33-18-9-13(4-5-17(18)34-25-22(32)21(31)20(30)19(11-28)35-25)23-15(10-27)14-7-12(3-2-6-26)8-16(29)24(14)36-23/h4-5,7-9,15,19-23,25-32H,2-3,6,10-11H2,1H3/t15-,19+,20+,21-,22+,23+,25+/m0/s1. The molecule has 2 aromatic rings. The van der Waals surface area contributed by atoms with Crippen molar-refractivity contribution in [2.75, 3.05) is 26.9 Å². The molecule has 1 saturated heterocycles. The maximum atomic E-state index is 10.5. The monoisotopic (exact) mass is 508 g/mol. The van der Waals surface area contributed by atoms with Gasteiger partial charge in [0, 0.05) is 12.2 Å². The van der Waals surface area contributed by atoms with Gasteiger partial charge < -0.3 is 54.7 Å². The number of aliphatic hydroxyl groups excluding tert-OH is 6. The minimum Gasteiger partial charge on any atom is -0.504 e. The van der Waals surface area contributed by atoms with Crippen LogP contribution < -0.4 is 14.2 Å². The molecule has 1 fully saturated rings. The largest absolute Gasteiger partial charge is 0.504 e. The van der Waals surface area contributed by atoms with Crippen LogP contribution in [0.2, 0.25) is 0 Å². The van der Waals surface area contributed by atoms with Crippen LogP contribution in [0.25, 0.3) is 0 Å². The van der Waals surface area contributed by atoms with Gasteiger partial charge in [0.2, 0.25) is 6.29 Å². The molecule has 2 aromatic carbocycles. The minimum absolute atomic E-state index is 0.0255. The number of aromatic hydroxyl groups is 1. The molecule has 0 amide bonds. The van der Waals surface area contributed by atoms with Gasteiger partial charge in [-0.3, -0.25) is 0 Å². The van der Waals surface area contributed by atoms with Crippen molar-refractivity contribution in [3.63, 3.8) is 0 Å². The Morgan fingerprint density at radius 2 is 1.69 bits per heavy atom. The lowest BCUT2D eigenvalue weighted by atomic mass is 9.90. The fourth-order valence-corrected chi connectivity index (χ4v) is 4.64. The van der Waals surface area contributed by atoms with Gasteiger partial charge in [-0.25, -0.2) is 0 Å². The molecule has 4 rings (SSSR count). The summed E-state index contributed by atoms with van der Waals surface area (Å²) in [5.74, 6) is 0.176. The van der Waals surface area contributed by atoms with Crippen LogP contribution >= 0.6 is 0 Å². The summed E-state index contributed by atoms with van der Waals surface area (Å²) in [6, 6.07) is 8.29. The maximum Gasteiger partial charge on any atom is 0.229 e. The second-order valence-electron chi connectivity index (χ2n) is 8.91. The van der Waals surface area contributed by atoms with Crippen molar-refractivity contribution in [3.8, 4) is 23.0 Å². The Labute approximate surface area is 207 Å². The van der Waals surface area contributed by atoms with Crippen LogP contribution in [-0.4, -0.2) is 93.4 Å². The molecule has 11 heteroatoms. The third kappa shape index (κ3) is 4.96. The highest BCUT2D eigenvalue weighted by atomic mass is 16.7. The number of phenols is 1. The first-order chi connectivity index (χ1) is 17.3. The lowest BCUT2D eigenvalue weighted by Crippen LogP contribution is -2.60. The molecule has 7 N–H and O–H groups in total. The van der Waals surface area contributed by atoms with E-state index in [2.05, 4.69) is 0 Å². The Kier molecular flexibility index (Phi) is 8.20. The number of aryl methyl sites for hydroxylation is 1. The molecule has 2 aliphatic rings. The molecule has 0 spiro atoms. The first kappa shape index (κ1) is 26.4. The highest BCUT2D eigenvalue weighted by Gasteiger charge is 2.45. The van der Waals surface area contributed by atoms with Crippen molar-refractivity contribution < 1.29 is 54.7 Å². The smallest absolute Gasteiger partial charge is 0.229 e. The molecule has 7 atom stereocenters. The van der Waals surface area contributed by atoms with E-state index in [1.165, 1.54) is 7.11 Å². The van der Waals surface area contributed by atoms with E-state index in [0.29, 0.717) is 24.0 Å². The van der Waals surface area contributed by atoms with Crippen LogP contribution in [-0.2, 0) is 11.2 Å². The summed E-state index contributed by atoms with van der Waals surface area (Å²) < 4.78 is 22.6. The van der Waals surface area contributed by atoms with Crippen molar-refractivity contribution in [1.29, 1.82) is 0 Å². The normalized spacial score (nSPS) is 29.5. The quantitative estimate of drug-likeness (QED) is 0.237. The number of hydrogen-bond donors (Lipinski definition) is 7. The zero-order chi connectivity index (χ0) is 26.0. The van der Waals surface area contributed by atoms with Crippen LogP contribution in [0.5, 0.6) is 23.0 Å². The van der Waals surface area contributed by atoms with Crippen molar-refractivity contribution in [1.82, 2.24) is 0 Å². The van der Waals surface area contributed by atoms with Crippen molar-refractivity contribution in [2.45, 2.75) is 55.6 Å². The lowest BCUT2D eigenvalue weighted by Gasteiger charge is -2.39. The Morgan fingerprint density at radius 1 is 0.917 bits per heavy atom. The van der Waals surface area contributed by atoms with E-state index in [0.717, 1.165) is 5.56 Å².